The average Bonchev–Trinajstić information content (AvgIpc) is 3.59. The van der Waals surface area contributed by atoms with E-state index in [9.17, 15) is 13.7 Å². The molecule has 32 heavy (non-hydrogen) atoms. The predicted molar refractivity (Wildman–Crippen MR) is 119 cm³/mol. The highest BCUT2D eigenvalue weighted by atomic mass is 32.2. The molecule has 4 rings (SSSR count). The molecule has 0 aromatic carbocycles. The molecule has 0 aliphatic heterocycles. The molecule has 1 aliphatic carbocycles. The van der Waals surface area contributed by atoms with Gasteiger partial charge >= 0.3 is 0 Å². The fourth-order valence-corrected chi connectivity index (χ4v) is 3.81. The van der Waals surface area contributed by atoms with Crippen molar-refractivity contribution >= 4 is 15.7 Å². The molecule has 0 unspecified atom stereocenters. The Hall–Kier alpha value is -3.58. The molecule has 3 aromatic rings. The van der Waals surface area contributed by atoms with Crippen LogP contribution in [0.25, 0.3) is 11.3 Å². The maximum Gasteiger partial charge on any atom is 0.244 e. The highest BCUT2D eigenvalue weighted by Crippen LogP contribution is 2.46. The number of hydrogen-bond acceptors (Lipinski definition) is 8. The SMILES string of the molecule is Cc1nc(C)c(Oc2nc(-c3cncc(C#N)c3)ccc2N(C)S(C)(=O)=O)c(C2CC2)n1. The number of aromatic nitrogens is 4. The maximum absolute atomic E-state index is 12.2. The van der Waals surface area contributed by atoms with Gasteiger partial charge in [0, 0.05) is 30.9 Å². The van der Waals surface area contributed by atoms with Crippen LogP contribution in [0.5, 0.6) is 11.6 Å². The van der Waals surface area contributed by atoms with E-state index in [1.54, 1.807) is 24.4 Å². The number of ether oxygens (including phenoxy) is 1. The van der Waals surface area contributed by atoms with Crippen LogP contribution in [0.15, 0.2) is 30.6 Å². The average molecular weight is 451 g/mol. The molecule has 10 heteroatoms. The van der Waals surface area contributed by atoms with Gasteiger partial charge in [-0.1, -0.05) is 0 Å². The predicted octanol–water partition coefficient (Wildman–Crippen LogP) is 3.49. The number of pyridine rings is 2. The van der Waals surface area contributed by atoms with Crippen molar-refractivity contribution < 1.29 is 13.2 Å². The fraction of sp³-hybridized carbons (Fsp3) is 0.318. The molecule has 1 fully saturated rings. The molecule has 164 valence electrons. The van der Waals surface area contributed by atoms with Crippen molar-refractivity contribution in [3.05, 3.63) is 53.4 Å². The van der Waals surface area contributed by atoms with E-state index in [-0.39, 0.29) is 11.6 Å². The van der Waals surface area contributed by atoms with Gasteiger partial charge in [0.05, 0.1) is 28.9 Å². The van der Waals surface area contributed by atoms with Crippen LogP contribution in [0.1, 0.15) is 41.5 Å². The Morgan fingerprint density at radius 2 is 1.91 bits per heavy atom. The van der Waals surface area contributed by atoms with Crippen molar-refractivity contribution in [1.29, 1.82) is 5.26 Å². The van der Waals surface area contributed by atoms with E-state index in [1.807, 2.05) is 13.8 Å². The fourth-order valence-electron chi connectivity index (χ4n) is 3.31. The molecule has 0 N–H and O–H groups in total. The van der Waals surface area contributed by atoms with Gasteiger partial charge in [0.15, 0.2) is 5.75 Å². The van der Waals surface area contributed by atoms with Crippen molar-refractivity contribution in [1.82, 2.24) is 19.9 Å². The number of sulfonamides is 1. The van der Waals surface area contributed by atoms with Gasteiger partial charge in [0.25, 0.3) is 0 Å². The Balaban J connectivity index is 1.86. The van der Waals surface area contributed by atoms with Crippen LogP contribution in [0, 0.1) is 25.2 Å². The first-order valence-electron chi connectivity index (χ1n) is 10.0. The van der Waals surface area contributed by atoms with Gasteiger partial charge in [-0.05, 0) is 44.9 Å². The number of aryl methyl sites for hydroxylation is 2. The number of hydrogen-bond donors (Lipinski definition) is 0. The van der Waals surface area contributed by atoms with Crippen LogP contribution in [0.4, 0.5) is 5.69 Å². The molecule has 1 aliphatic rings. The summed E-state index contributed by atoms with van der Waals surface area (Å²) in [4.78, 5) is 17.7. The summed E-state index contributed by atoms with van der Waals surface area (Å²) >= 11 is 0. The lowest BCUT2D eigenvalue weighted by Gasteiger charge is -2.21. The van der Waals surface area contributed by atoms with Gasteiger partial charge in [0.1, 0.15) is 17.6 Å². The summed E-state index contributed by atoms with van der Waals surface area (Å²) in [6.45, 7) is 3.67. The van der Waals surface area contributed by atoms with Crippen molar-refractivity contribution in [2.45, 2.75) is 32.6 Å². The van der Waals surface area contributed by atoms with Crippen molar-refractivity contribution in [3.8, 4) is 29.0 Å². The minimum Gasteiger partial charge on any atom is -0.433 e. The Labute approximate surface area is 186 Å². The second kappa shape index (κ2) is 8.16. The molecule has 9 nitrogen and oxygen atoms in total. The van der Waals surface area contributed by atoms with E-state index >= 15 is 0 Å². The summed E-state index contributed by atoms with van der Waals surface area (Å²) in [7, 11) is -2.12. The third-order valence-electron chi connectivity index (χ3n) is 5.18. The van der Waals surface area contributed by atoms with Gasteiger partial charge in [-0.2, -0.15) is 5.26 Å². The lowest BCUT2D eigenvalue weighted by molar-refractivity contribution is 0.447. The minimum absolute atomic E-state index is 0.107. The van der Waals surface area contributed by atoms with E-state index in [0.29, 0.717) is 40.0 Å². The smallest absolute Gasteiger partial charge is 0.244 e. The first kappa shape index (κ1) is 21.6. The second-order valence-electron chi connectivity index (χ2n) is 7.77. The Bertz CT molecular complexity index is 1350. The van der Waals surface area contributed by atoms with Crippen molar-refractivity contribution in [3.63, 3.8) is 0 Å². The first-order valence-corrected chi connectivity index (χ1v) is 11.9. The van der Waals surface area contributed by atoms with Crippen molar-refractivity contribution in [2.75, 3.05) is 17.6 Å². The van der Waals surface area contributed by atoms with E-state index in [4.69, 9.17) is 4.74 Å². The third kappa shape index (κ3) is 4.38. The van der Waals surface area contributed by atoms with Gasteiger partial charge in [0.2, 0.25) is 15.9 Å². The number of nitrogens with zero attached hydrogens (tertiary/aromatic N) is 6. The molecule has 0 radical (unpaired) electrons. The summed E-state index contributed by atoms with van der Waals surface area (Å²) in [5, 5.41) is 9.18. The van der Waals surface area contributed by atoms with Gasteiger partial charge in [-0.3, -0.25) is 9.29 Å². The highest BCUT2D eigenvalue weighted by Gasteiger charge is 2.31. The molecule has 1 saturated carbocycles. The number of rotatable bonds is 6. The normalized spacial score (nSPS) is 13.5. The zero-order valence-electron chi connectivity index (χ0n) is 18.2. The van der Waals surface area contributed by atoms with Gasteiger partial charge in [-0.15, -0.1) is 0 Å². The van der Waals surface area contributed by atoms with Crippen LogP contribution in [-0.4, -0.2) is 41.7 Å². The molecule has 0 spiro atoms. The van der Waals surface area contributed by atoms with Crippen LogP contribution >= 0.6 is 0 Å². The molecular formula is C22H22N6O3S. The Morgan fingerprint density at radius 1 is 1.16 bits per heavy atom. The monoisotopic (exact) mass is 450 g/mol. The summed E-state index contributed by atoms with van der Waals surface area (Å²) < 4.78 is 31.8. The summed E-state index contributed by atoms with van der Waals surface area (Å²) in [6.07, 6.45) is 6.19. The maximum atomic E-state index is 12.2. The second-order valence-corrected chi connectivity index (χ2v) is 9.79. The summed E-state index contributed by atoms with van der Waals surface area (Å²) in [6, 6.07) is 7.01. The Morgan fingerprint density at radius 3 is 2.56 bits per heavy atom. The summed E-state index contributed by atoms with van der Waals surface area (Å²) in [5.74, 6) is 1.55. The van der Waals surface area contributed by atoms with Crippen LogP contribution < -0.4 is 9.04 Å². The largest absolute Gasteiger partial charge is 0.433 e. The van der Waals surface area contributed by atoms with Crippen LogP contribution in [-0.2, 0) is 10.0 Å². The van der Waals surface area contributed by atoms with E-state index in [1.165, 1.54) is 13.2 Å². The molecule has 0 bridgehead atoms. The highest BCUT2D eigenvalue weighted by molar-refractivity contribution is 7.92. The van der Waals surface area contributed by atoms with Gasteiger partial charge in [-0.25, -0.2) is 23.4 Å². The molecule has 0 atom stereocenters. The van der Waals surface area contributed by atoms with E-state index in [2.05, 4.69) is 26.0 Å². The van der Waals surface area contributed by atoms with Crippen molar-refractivity contribution in [2.24, 2.45) is 0 Å². The van der Waals surface area contributed by atoms with Crippen LogP contribution in [0.2, 0.25) is 0 Å². The third-order valence-corrected chi connectivity index (χ3v) is 6.37. The van der Waals surface area contributed by atoms with E-state index < -0.39 is 10.0 Å². The minimum atomic E-state index is -3.56. The molecular weight excluding hydrogens is 428 g/mol. The quantitative estimate of drug-likeness (QED) is 0.559. The van der Waals surface area contributed by atoms with Crippen LogP contribution in [0.3, 0.4) is 0 Å². The first-order chi connectivity index (χ1) is 15.2. The molecule has 3 aromatic heterocycles. The molecule has 0 saturated heterocycles. The summed E-state index contributed by atoms with van der Waals surface area (Å²) in [5.41, 5.74) is 3.25. The van der Waals surface area contributed by atoms with Gasteiger partial charge < -0.3 is 4.74 Å². The zero-order valence-corrected chi connectivity index (χ0v) is 19.0. The zero-order chi connectivity index (χ0) is 23.0. The Kier molecular flexibility index (Phi) is 5.52. The standard InChI is InChI=1S/C22H22N6O3S/c1-13-21(20(16-5-6-16)26-14(2)25-13)31-22-19(28(3)32(4,29)30)8-7-18(27-22)17-9-15(10-23)11-24-12-17/h7-9,11-12,16H,5-6H2,1-4H3. The lowest BCUT2D eigenvalue weighted by atomic mass is 10.1. The number of anilines is 1. The lowest BCUT2D eigenvalue weighted by Crippen LogP contribution is -2.25. The van der Waals surface area contributed by atoms with E-state index in [0.717, 1.165) is 29.1 Å². The topological polar surface area (TPSA) is 122 Å². The molecule has 3 heterocycles. The number of nitriles is 1. The molecule has 0 amide bonds.